The van der Waals surface area contributed by atoms with Crippen molar-refractivity contribution in [2.75, 3.05) is 13.7 Å². The van der Waals surface area contributed by atoms with Gasteiger partial charge < -0.3 is 9.84 Å². The maximum atomic E-state index is 13.7. The van der Waals surface area contributed by atoms with Crippen molar-refractivity contribution >= 4 is 28.3 Å². The van der Waals surface area contributed by atoms with Crippen molar-refractivity contribution in [3.05, 3.63) is 29.4 Å². The van der Waals surface area contributed by atoms with Crippen LogP contribution in [0.15, 0.2) is 24.4 Å². The Morgan fingerprint density at radius 3 is 2.78 bits per heavy atom. The molecule has 4 aliphatic rings. The zero-order chi connectivity index (χ0) is 25.3. The van der Waals surface area contributed by atoms with Gasteiger partial charge in [-0.25, -0.2) is 0 Å². The second kappa shape index (κ2) is 8.81. The van der Waals surface area contributed by atoms with Crippen molar-refractivity contribution in [2.24, 2.45) is 40.4 Å². The Bertz CT molecular complexity index is 1160. The zero-order valence-corrected chi connectivity index (χ0v) is 22.8. The van der Waals surface area contributed by atoms with Crippen LogP contribution in [-0.4, -0.2) is 40.0 Å². The van der Waals surface area contributed by atoms with Crippen molar-refractivity contribution in [1.29, 1.82) is 0 Å². The number of ether oxygens (including phenoxy) is 1. The summed E-state index contributed by atoms with van der Waals surface area (Å²) in [6.45, 7) is 5.61. The minimum Gasteiger partial charge on any atom is -0.390 e. The third kappa shape index (κ3) is 3.87. The van der Waals surface area contributed by atoms with Crippen molar-refractivity contribution in [3.8, 4) is 0 Å². The molecule has 0 radical (unpaired) electrons. The lowest BCUT2D eigenvalue weighted by molar-refractivity contribution is -0.175. The number of carbonyl (C=O) groups is 1. The van der Waals surface area contributed by atoms with E-state index in [0.29, 0.717) is 41.0 Å². The molecule has 8 atom stereocenters. The van der Waals surface area contributed by atoms with Gasteiger partial charge in [0.2, 0.25) is 0 Å². The van der Waals surface area contributed by atoms with Gasteiger partial charge in [0.1, 0.15) is 0 Å². The van der Waals surface area contributed by atoms with Crippen LogP contribution in [0.3, 0.4) is 0 Å². The number of Topliss-reactive ketones (excluding diaryl/α,β-unsaturated/α-hetero) is 1. The van der Waals surface area contributed by atoms with Crippen LogP contribution in [0.5, 0.6) is 0 Å². The molecule has 0 aliphatic heterocycles. The molecular weight excluding hydrogens is 472 g/mol. The van der Waals surface area contributed by atoms with Crippen molar-refractivity contribution in [1.82, 2.24) is 9.78 Å². The smallest absolute Gasteiger partial charge is 0.157 e. The molecule has 6 rings (SSSR count). The number of aliphatic hydroxyl groups is 1. The molecule has 1 aromatic heterocycles. The molecule has 36 heavy (non-hydrogen) atoms. The van der Waals surface area contributed by atoms with Gasteiger partial charge >= 0.3 is 0 Å². The van der Waals surface area contributed by atoms with Crippen molar-refractivity contribution in [2.45, 2.75) is 83.8 Å². The van der Waals surface area contributed by atoms with E-state index in [1.54, 1.807) is 0 Å². The second-order valence-electron chi connectivity index (χ2n) is 13.2. The lowest BCUT2D eigenvalue weighted by Crippen LogP contribution is -2.58. The number of ketones is 1. The van der Waals surface area contributed by atoms with E-state index in [1.807, 2.05) is 43.1 Å². The average Bonchev–Trinajstić information content (AvgIpc) is 3.38. The lowest BCUT2D eigenvalue weighted by atomic mass is 9.43. The summed E-state index contributed by atoms with van der Waals surface area (Å²) in [5.41, 5.74) is 0.621. The Balaban J connectivity index is 1.22. The van der Waals surface area contributed by atoms with Crippen LogP contribution in [0.4, 0.5) is 0 Å². The van der Waals surface area contributed by atoms with E-state index < -0.39 is 5.60 Å². The molecule has 0 saturated heterocycles. The minimum atomic E-state index is -0.536. The van der Waals surface area contributed by atoms with Crippen molar-refractivity contribution < 1.29 is 14.6 Å². The van der Waals surface area contributed by atoms with Gasteiger partial charge in [-0.1, -0.05) is 18.5 Å². The van der Waals surface area contributed by atoms with Crippen LogP contribution in [-0.2, 0) is 16.1 Å². The van der Waals surface area contributed by atoms with Crippen LogP contribution in [0.25, 0.3) is 10.9 Å². The Hall–Kier alpha value is -1.43. The lowest BCUT2D eigenvalue weighted by Gasteiger charge is -2.62. The van der Waals surface area contributed by atoms with E-state index in [1.165, 1.54) is 19.3 Å². The summed E-state index contributed by atoms with van der Waals surface area (Å²) in [6.07, 6.45) is 11.7. The number of fused-ring (bicyclic) bond motifs is 6. The molecule has 5 nitrogen and oxygen atoms in total. The van der Waals surface area contributed by atoms with E-state index in [4.69, 9.17) is 16.3 Å². The first-order chi connectivity index (χ1) is 17.1. The molecule has 4 fully saturated rings. The molecular formula is C30H41ClN2O3. The number of hydrogen-bond donors (Lipinski definition) is 1. The fraction of sp³-hybridized carbons (Fsp3) is 0.733. The van der Waals surface area contributed by atoms with Gasteiger partial charge in [-0.2, -0.15) is 5.10 Å². The number of halogens is 1. The summed E-state index contributed by atoms with van der Waals surface area (Å²) in [6, 6.07) is 5.68. The minimum absolute atomic E-state index is 0.0788. The summed E-state index contributed by atoms with van der Waals surface area (Å²) < 4.78 is 7.72. The topological polar surface area (TPSA) is 64.3 Å². The van der Waals surface area contributed by atoms with Crippen LogP contribution in [0, 0.1) is 40.4 Å². The Kier molecular flexibility index (Phi) is 6.09. The van der Waals surface area contributed by atoms with E-state index in [-0.39, 0.29) is 16.7 Å². The van der Waals surface area contributed by atoms with E-state index in [9.17, 15) is 9.90 Å². The number of nitrogens with zero attached hydrogens (tertiary/aromatic N) is 2. The number of methoxy groups -OCH3 is 1. The standard InChI is InChI=1S/C30H41ClN2O3/c1-28(35)12-13-30(18-36-3)20(15-28)4-6-22-23-7-8-25(29(23,2)11-10-24(22)30)27(34)17-33-16-19-14-21(31)5-9-26(19)32-33/h5,9,14,16,20,22-25,35H,4,6-8,10-13,15,17-18H2,1-3H3. The van der Waals surface area contributed by atoms with Gasteiger partial charge in [-0.15, -0.1) is 0 Å². The summed E-state index contributed by atoms with van der Waals surface area (Å²) in [5.74, 6) is 2.94. The number of rotatable bonds is 5. The molecule has 1 N–H and O–H groups in total. The number of carbonyl (C=O) groups excluding carboxylic acids is 1. The van der Waals surface area contributed by atoms with Gasteiger partial charge in [0.05, 0.1) is 24.3 Å². The highest BCUT2D eigenvalue weighted by Gasteiger charge is 2.63. The first-order valence-corrected chi connectivity index (χ1v) is 14.4. The van der Waals surface area contributed by atoms with E-state index in [0.717, 1.165) is 56.0 Å². The van der Waals surface area contributed by atoms with Gasteiger partial charge in [0.25, 0.3) is 0 Å². The van der Waals surface area contributed by atoms with Crippen molar-refractivity contribution in [3.63, 3.8) is 0 Å². The Labute approximate surface area is 219 Å². The summed E-state index contributed by atoms with van der Waals surface area (Å²) in [5, 5.41) is 17.2. The predicted octanol–water partition coefficient (Wildman–Crippen LogP) is 6.30. The maximum Gasteiger partial charge on any atom is 0.157 e. The molecule has 0 amide bonds. The van der Waals surface area contributed by atoms with Crippen LogP contribution in [0.1, 0.15) is 71.6 Å². The first kappa shape index (κ1) is 24.9. The van der Waals surface area contributed by atoms with Gasteiger partial charge in [0, 0.05) is 29.6 Å². The second-order valence-corrected chi connectivity index (χ2v) is 13.6. The highest BCUT2D eigenvalue weighted by molar-refractivity contribution is 6.31. The number of aromatic nitrogens is 2. The molecule has 0 bridgehead atoms. The van der Waals surface area contributed by atoms with Gasteiger partial charge in [-0.05, 0) is 117 Å². The van der Waals surface area contributed by atoms with E-state index >= 15 is 0 Å². The normalized spacial score (nSPS) is 42.1. The van der Waals surface area contributed by atoms with Gasteiger partial charge in [-0.3, -0.25) is 9.48 Å². The molecule has 1 heterocycles. The zero-order valence-electron chi connectivity index (χ0n) is 22.0. The third-order valence-electron chi connectivity index (χ3n) is 11.3. The molecule has 4 saturated carbocycles. The number of hydrogen-bond acceptors (Lipinski definition) is 4. The van der Waals surface area contributed by atoms with E-state index in [2.05, 4.69) is 12.0 Å². The van der Waals surface area contributed by atoms with Crippen LogP contribution in [0.2, 0.25) is 5.02 Å². The maximum absolute atomic E-state index is 13.7. The molecule has 0 spiro atoms. The highest BCUT2D eigenvalue weighted by atomic mass is 35.5. The molecule has 4 aliphatic carbocycles. The number of benzene rings is 1. The fourth-order valence-corrected chi connectivity index (χ4v) is 9.89. The first-order valence-electron chi connectivity index (χ1n) is 14.0. The summed E-state index contributed by atoms with van der Waals surface area (Å²) >= 11 is 6.15. The average molecular weight is 513 g/mol. The van der Waals surface area contributed by atoms with Crippen LogP contribution >= 0.6 is 11.6 Å². The predicted molar refractivity (Wildman–Crippen MR) is 142 cm³/mol. The summed E-state index contributed by atoms with van der Waals surface area (Å²) in [4.78, 5) is 13.7. The molecule has 6 heteroatoms. The monoisotopic (exact) mass is 512 g/mol. The SMILES string of the molecule is COCC12CCC(C)(O)CC1CCC1C3CCC(C(=O)Cn4cc5cc(Cl)ccc5n4)C3(C)CCC12. The molecule has 2 aromatic rings. The Morgan fingerprint density at radius 2 is 1.97 bits per heavy atom. The quantitative estimate of drug-likeness (QED) is 0.511. The molecule has 8 unspecified atom stereocenters. The molecule has 1 aromatic carbocycles. The third-order valence-corrected chi connectivity index (χ3v) is 11.5. The largest absolute Gasteiger partial charge is 0.390 e. The highest BCUT2D eigenvalue weighted by Crippen LogP contribution is 2.68. The Morgan fingerprint density at radius 1 is 1.14 bits per heavy atom. The molecule has 196 valence electrons. The fourth-order valence-electron chi connectivity index (χ4n) is 9.71. The van der Waals surface area contributed by atoms with Crippen LogP contribution < -0.4 is 0 Å². The van der Waals surface area contributed by atoms with Gasteiger partial charge in [0.15, 0.2) is 5.78 Å². The summed E-state index contributed by atoms with van der Waals surface area (Å²) in [7, 11) is 1.85.